The zero-order chi connectivity index (χ0) is 25.9. The lowest BCUT2D eigenvalue weighted by Gasteiger charge is -2.43. The fourth-order valence-corrected chi connectivity index (χ4v) is 4.76. The number of hydrogen-bond donors (Lipinski definition) is 2. The molecule has 0 saturated carbocycles. The zero-order valence-corrected chi connectivity index (χ0v) is 19.6. The Labute approximate surface area is 207 Å². The molecule has 2 aliphatic rings. The minimum atomic E-state index is -4.44. The summed E-state index contributed by atoms with van der Waals surface area (Å²) in [6, 6.07) is 8.75. The number of aryl methyl sites for hydroxylation is 1. The maximum atomic E-state index is 13.2. The van der Waals surface area contributed by atoms with E-state index in [0.29, 0.717) is 48.4 Å². The van der Waals surface area contributed by atoms with Gasteiger partial charge in [-0.05, 0) is 48.9 Å². The molecule has 0 atom stereocenters. The molecule has 0 radical (unpaired) electrons. The van der Waals surface area contributed by atoms with Crippen molar-refractivity contribution in [3.05, 3.63) is 81.1 Å². The van der Waals surface area contributed by atoms with E-state index in [-0.39, 0.29) is 23.6 Å². The molecular formula is C25H21F3N6O3. The van der Waals surface area contributed by atoms with Gasteiger partial charge in [0.05, 0.1) is 16.8 Å². The molecule has 2 aromatic heterocycles. The molecule has 12 heteroatoms. The second kappa shape index (κ2) is 8.44. The van der Waals surface area contributed by atoms with E-state index < -0.39 is 17.5 Å². The van der Waals surface area contributed by atoms with Crippen LogP contribution in [0.5, 0.6) is 0 Å². The Morgan fingerprint density at radius 2 is 1.97 bits per heavy atom. The number of alkyl halides is 3. The normalized spacial score (nSPS) is 16.2. The fraction of sp³-hybridized carbons (Fsp3) is 0.280. The minimum absolute atomic E-state index is 0.138. The van der Waals surface area contributed by atoms with Crippen molar-refractivity contribution in [2.45, 2.75) is 32.2 Å². The molecule has 2 N–H and O–H groups in total. The molecule has 4 heterocycles. The summed E-state index contributed by atoms with van der Waals surface area (Å²) in [6.07, 6.45) is -2.75. The van der Waals surface area contributed by atoms with Crippen LogP contribution in [0.25, 0.3) is 11.1 Å². The van der Waals surface area contributed by atoms with E-state index in [0.717, 1.165) is 23.4 Å². The number of anilines is 2. The highest BCUT2D eigenvalue weighted by Gasteiger charge is 2.38. The Morgan fingerprint density at radius 1 is 1.16 bits per heavy atom. The maximum absolute atomic E-state index is 13.2. The van der Waals surface area contributed by atoms with Gasteiger partial charge in [-0.1, -0.05) is 0 Å². The topological polar surface area (TPSA) is 107 Å². The van der Waals surface area contributed by atoms with Crippen LogP contribution < -0.4 is 11.1 Å². The quantitative estimate of drug-likeness (QED) is 0.430. The lowest BCUT2D eigenvalue weighted by Crippen LogP contribution is -2.59. The number of aromatic nitrogens is 3. The van der Waals surface area contributed by atoms with Crippen LogP contribution in [-0.4, -0.2) is 49.8 Å². The number of benzene rings is 2. The van der Waals surface area contributed by atoms with E-state index in [9.17, 15) is 22.8 Å². The first-order chi connectivity index (χ1) is 17.6. The summed E-state index contributed by atoms with van der Waals surface area (Å²) >= 11 is 0. The molecule has 1 fully saturated rings. The van der Waals surface area contributed by atoms with Gasteiger partial charge >= 0.3 is 11.9 Å². The number of rotatable bonds is 4. The second-order valence-electron chi connectivity index (χ2n) is 9.37. The predicted octanol–water partition coefficient (Wildman–Crippen LogP) is 3.82. The summed E-state index contributed by atoms with van der Waals surface area (Å²) < 4.78 is 44.5. The van der Waals surface area contributed by atoms with E-state index in [1.807, 2.05) is 0 Å². The number of aromatic amines is 1. The van der Waals surface area contributed by atoms with Gasteiger partial charge in [0, 0.05) is 55.2 Å². The lowest BCUT2D eigenvalue weighted by atomic mass is 10.0. The van der Waals surface area contributed by atoms with Crippen LogP contribution in [0.15, 0.2) is 51.8 Å². The van der Waals surface area contributed by atoms with Gasteiger partial charge in [-0.3, -0.25) is 14.7 Å². The second-order valence-corrected chi connectivity index (χ2v) is 9.37. The first kappa shape index (κ1) is 23.2. The molecule has 0 unspecified atom stereocenters. The zero-order valence-electron chi connectivity index (χ0n) is 19.6. The number of fused-ring (bicyclic) bond motifs is 2. The predicted molar refractivity (Wildman–Crippen MR) is 127 cm³/mol. The standard InChI is InChI=1S/C25H21F3N6O3/c1-13-4-16(25(26,27)28)7-17(5-13)30-23-29-8-15-9-33(12-20(15)31-23)18-10-34(11-18)22(35)14-2-3-19-21(6-14)37-24(36)32-19/h2-8,18H,9-12H2,1H3,(H,32,36)(H,29,30,31). The van der Waals surface area contributed by atoms with Crippen molar-refractivity contribution in [3.63, 3.8) is 0 Å². The first-order valence-electron chi connectivity index (χ1n) is 11.6. The van der Waals surface area contributed by atoms with E-state index in [2.05, 4.69) is 25.2 Å². The van der Waals surface area contributed by atoms with Gasteiger partial charge in [0.1, 0.15) is 0 Å². The number of hydrogen-bond acceptors (Lipinski definition) is 7. The van der Waals surface area contributed by atoms with Crippen molar-refractivity contribution in [1.29, 1.82) is 0 Å². The summed E-state index contributed by atoms with van der Waals surface area (Å²) in [6.45, 7) is 3.88. The van der Waals surface area contributed by atoms with Crippen LogP contribution in [0.4, 0.5) is 24.8 Å². The van der Waals surface area contributed by atoms with Crippen molar-refractivity contribution >= 4 is 28.6 Å². The third-order valence-corrected chi connectivity index (χ3v) is 6.68. The molecule has 190 valence electrons. The number of carbonyl (C=O) groups excluding carboxylic acids is 1. The molecule has 6 rings (SSSR count). The molecule has 37 heavy (non-hydrogen) atoms. The first-order valence-corrected chi connectivity index (χ1v) is 11.6. The summed E-state index contributed by atoms with van der Waals surface area (Å²) in [4.78, 5) is 39.5. The van der Waals surface area contributed by atoms with Crippen LogP contribution in [0.1, 0.15) is 32.7 Å². The fourth-order valence-electron chi connectivity index (χ4n) is 4.76. The molecule has 0 spiro atoms. The molecule has 1 saturated heterocycles. The molecule has 1 amide bonds. The van der Waals surface area contributed by atoms with Gasteiger partial charge in [-0.25, -0.2) is 14.8 Å². The smallest absolute Gasteiger partial charge is 0.408 e. The summed E-state index contributed by atoms with van der Waals surface area (Å²) in [5, 5.41) is 2.89. The SMILES string of the molecule is Cc1cc(Nc2ncc3c(n2)CN(C2CN(C(=O)c4ccc5[nH]c(=O)oc5c4)C2)C3)cc(C(F)(F)F)c1. The molecule has 0 aliphatic carbocycles. The molecule has 2 aliphatic heterocycles. The van der Waals surface area contributed by atoms with Crippen LogP contribution in [0.2, 0.25) is 0 Å². The van der Waals surface area contributed by atoms with Crippen molar-refractivity contribution < 1.29 is 22.4 Å². The number of likely N-dealkylation sites (tertiary alicyclic amines) is 1. The largest absolute Gasteiger partial charge is 0.417 e. The van der Waals surface area contributed by atoms with Crippen molar-refractivity contribution in [3.8, 4) is 0 Å². The third kappa shape index (κ3) is 4.44. The monoisotopic (exact) mass is 510 g/mol. The maximum Gasteiger partial charge on any atom is 0.417 e. The van der Waals surface area contributed by atoms with Gasteiger partial charge in [-0.15, -0.1) is 0 Å². The van der Waals surface area contributed by atoms with Crippen molar-refractivity contribution in [2.75, 3.05) is 18.4 Å². The van der Waals surface area contributed by atoms with Crippen molar-refractivity contribution in [1.82, 2.24) is 24.8 Å². The average Bonchev–Trinajstić information content (AvgIpc) is 3.38. The molecule has 9 nitrogen and oxygen atoms in total. The Balaban J connectivity index is 1.09. The Bertz CT molecular complexity index is 1590. The lowest BCUT2D eigenvalue weighted by molar-refractivity contribution is -0.137. The van der Waals surface area contributed by atoms with Gasteiger partial charge in [-0.2, -0.15) is 13.2 Å². The summed E-state index contributed by atoms with van der Waals surface area (Å²) in [7, 11) is 0. The van der Waals surface area contributed by atoms with Gasteiger partial charge < -0.3 is 14.6 Å². The number of nitrogens with one attached hydrogen (secondary N) is 2. The Hall–Kier alpha value is -4.19. The Kier molecular flexibility index (Phi) is 5.30. The van der Waals surface area contributed by atoms with E-state index >= 15 is 0 Å². The molecular weight excluding hydrogens is 489 g/mol. The van der Waals surface area contributed by atoms with Crippen LogP contribution >= 0.6 is 0 Å². The number of H-pyrrole nitrogens is 1. The number of oxazole rings is 1. The van der Waals surface area contributed by atoms with E-state index in [1.165, 1.54) is 0 Å². The molecule has 2 aromatic carbocycles. The highest BCUT2D eigenvalue weighted by Crippen LogP contribution is 2.33. The number of amides is 1. The van der Waals surface area contributed by atoms with E-state index in [4.69, 9.17) is 4.42 Å². The van der Waals surface area contributed by atoms with Gasteiger partial charge in [0.2, 0.25) is 5.95 Å². The average molecular weight is 510 g/mol. The van der Waals surface area contributed by atoms with Crippen LogP contribution in [0, 0.1) is 6.92 Å². The third-order valence-electron chi connectivity index (χ3n) is 6.68. The van der Waals surface area contributed by atoms with Gasteiger partial charge in [0.15, 0.2) is 5.58 Å². The number of carbonyl (C=O) groups is 1. The van der Waals surface area contributed by atoms with E-state index in [1.54, 1.807) is 42.3 Å². The van der Waals surface area contributed by atoms with Crippen molar-refractivity contribution in [2.24, 2.45) is 0 Å². The highest BCUT2D eigenvalue weighted by molar-refractivity contribution is 5.97. The van der Waals surface area contributed by atoms with Gasteiger partial charge in [0.25, 0.3) is 5.91 Å². The minimum Gasteiger partial charge on any atom is -0.408 e. The highest BCUT2D eigenvalue weighted by atomic mass is 19.4. The summed E-state index contributed by atoms with van der Waals surface area (Å²) in [5.41, 5.74) is 3.09. The van der Waals surface area contributed by atoms with Crippen LogP contribution in [-0.2, 0) is 19.3 Å². The van der Waals surface area contributed by atoms with Crippen LogP contribution in [0.3, 0.4) is 0 Å². The molecule has 0 bridgehead atoms. The number of halogens is 3. The molecule has 4 aromatic rings. The number of nitrogens with zero attached hydrogens (tertiary/aromatic N) is 4. The Morgan fingerprint density at radius 3 is 2.76 bits per heavy atom. The summed E-state index contributed by atoms with van der Waals surface area (Å²) in [5.74, 6) is -0.471.